The molecule has 0 unspecified atom stereocenters. The van der Waals surface area contributed by atoms with E-state index in [1.807, 2.05) is 42.5 Å². The quantitative estimate of drug-likeness (QED) is 0.702. The zero-order valence-electron chi connectivity index (χ0n) is 12.8. The molecule has 0 atom stereocenters. The summed E-state index contributed by atoms with van der Waals surface area (Å²) in [5.41, 5.74) is 1.03. The second kappa shape index (κ2) is 7.19. The average Bonchev–Trinajstić information content (AvgIpc) is 2.94. The SMILES string of the molecule is N#CC(C#N)=c1sc(=Cc2ccccc2)c(=O)n1-c1ccc(Cl)cc1. The molecule has 3 rings (SSSR count). The number of aromatic nitrogens is 1. The number of benzene rings is 2. The van der Waals surface area contributed by atoms with Gasteiger partial charge in [0.15, 0.2) is 5.57 Å². The van der Waals surface area contributed by atoms with Crippen molar-refractivity contribution in [1.82, 2.24) is 4.57 Å². The first-order chi connectivity index (χ1) is 12.1. The van der Waals surface area contributed by atoms with Gasteiger partial charge in [0.05, 0.1) is 10.2 Å². The van der Waals surface area contributed by atoms with Crippen molar-refractivity contribution in [3.05, 3.63) is 84.7 Å². The second-order valence-corrected chi connectivity index (χ2v) is 6.51. The Bertz CT molecular complexity index is 1160. The predicted molar refractivity (Wildman–Crippen MR) is 98.8 cm³/mol. The predicted octanol–water partition coefficient (Wildman–Crippen LogP) is 2.58. The Hall–Kier alpha value is -3.12. The number of hydrogen-bond acceptors (Lipinski definition) is 4. The van der Waals surface area contributed by atoms with E-state index in [0.717, 1.165) is 16.9 Å². The molecule has 0 aliphatic carbocycles. The molecule has 0 aliphatic rings. The molecule has 4 nitrogen and oxygen atoms in total. The van der Waals surface area contributed by atoms with Crippen molar-refractivity contribution in [3.63, 3.8) is 0 Å². The lowest BCUT2D eigenvalue weighted by Crippen LogP contribution is -2.30. The first kappa shape index (κ1) is 16.7. The molecule has 2 aromatic carbocycles. The van der Waals surface area contributed by atoms with Crippen molar-refractivity contribution in [1.29, 1.82) is 10.5 Å². The standard InChI is InChI=1S/C19H10ClN3OS/c20-15-6-8-16(9-7-15)23-18(24)17(10-13-4-2-1-3-5-13)25-19(23)14(11-21)12-22/h1-10H. The van der Waals surface area contributed by atoms with Gasteiger partial charge in [-0.05, 0) is 35.9 Å². The zero-order chi connectivity index (χ0) is 17.8. The molecule has 0 radical (unpaired) electrons. The van der Waals surface area contributed by atoms with E-state index in [9.17, 15) is 15.3 Å². The van der Waals surface area contributed by atoms with Crippen LogP contribution in [0.1, 0.15) is 5.56 Å². The Labute approximate surface area is 152 Å². The summed E-state index contributed by atoms with van der Waals surface area (Å²) >= 11 is 7.02. The van der Waals surface area contributed by atoms with E-state index in [1.54, 1.807) is 30.3 Å². The Kier molecular flexibility index (Phi) is 4.81. The number of rotatable bonds is 2. The number of thiazole rings is 1. The highest BCUT2D eigenvalue weighted by molar-refractivity contribution is 7.07. The van der Waals surface area contributed by atoms with Gasteiger partial charge in [-0.3, -0.25) is 9.36 Å². The highest BCUT2D eigenvalue weighted by Crippen LogP contribution is 2.11. The van der Waals surface area contributed by atoms with Gasteiger partial charge in [-0.15, -0.1) is 11.3 Å². The third-order valence-electron chi connectivity index (χ3n) is 3.44. The van der Waals surface area contributed by atoms with Crippen LogP contribution >= 0.6 is 22.9 Å². The van der Waals surface area contributed by atoms with Gasteiger partial charge in [0, 0.05) is 5.02 Å². The molecular weight excluding hydrogens is 354 g/mol. The van der Waals surface area contributed by atoms with Crippen LogP contribution in [0.25, 0.3) is 17.3 Å². The molecule has 6 heteroatoms. The Balaban J connectivity index is 2.39. The van der Waals surface area contributed by atoms with Crippen molar-refractivity contribution >= 4 is 34.6 Å². The average molecular weight is 364 g/mol. The van der Waals surface area contributed by atoms with Gasteiger partial charge in [0.25, 0.3) is 5.56 Å². The fourth-order valence-electron chi connectivity index (χ4n) is 2.30. The molecule has 0 saturated carbocycles. The molecule has 1 aromatic heterocycles. The van der Waals surface area contributed by atoms with Crippen LogP contribution in [-0.2, 0) is 0 Å². The van der Waals surface area contributed by atoms with Gasteiger partial charge < -0.3 is 0 Å². The summed E-state index contributed by atoms with van der Waals surface area (Å²) in [4.78, 5) is 12.9. The largest absolute Gasteiger partial charge is 0.273 e. The Morgan fingerprint density at radius 3 is 2.28 bits per heavy atom. The molecule has 0 spiro atoms. The van der Waals surface area contributed by atoms with Gasteiger partial charge in [0.1, 0.15) is 16.8 Å². The Morgan fingerprint density at radius 2 is 1.68 bits per heavy atom. The van der Waals surface area contributed by atoms with E-state index < -0.39 is 0 Å². The van der Waals surface area contributed by atoms with Crippen LogP contribution in [0.5, 0.6) is 0 Å². The van der Waals surface area contributed by atoms with Crippen LogP contribution in [0, 0.1) is 22.7 Å². The van der Waals surface area contributed by atoms with Gasteiger partial charge in [-0.25, -0.2) is 0 Å². The molecular formula is C19H10ClN3OS. The molecule has 3 aromatic rings. The summed E-state index contributed by atoms with van der Waals surface area (Å²) in [6.07, 6.45) is 1.75. The molecule has 0 aliphatic heterocycles. The minimum absolute atomic E-state index is 0.107. The maximum absolute atomic E-state index is 12.9. The summed E-state index contributed by atoms with van der Waals surface area (Å²) in [5, 5.41) is 19.0. The number of nitriles is 2. The summed E-state index contributed by atoms with van der Waals surface area (Å²) < 4.78 is 2.12. The van der Waals surface area contributed by atoms with E-state index in [0.29, 0.717) is 19.9 Å². The number of nitrogens with zero attached hydrogens (tertiary/aromatic N) is 3. The maximum Gasteiger partial charge on any atom is 0.273 e. The molecule has 1 heterocycles. The topological polar surface area (TPSA) is 69.6 Å². The van der Waals surface area contributed by atoms with E-state index in [4.69, 9.17) is 11.6 Å². The first-order valence-electron chi connectivity index (χ1n) is 7.23. The summed E-state index contributed by atoms with van der Waals surface area (Å²) in [6, 6.07) is 19.8. The van der Waals surface area contributed by atoms with Gasteiger partial charge in [0.2, 0.25) is 0 Å². The lowest BCUT2D eigenvalue weighted by molar-refractivity contribution is 0.988. The highest BCUT2D eigenvalue weighted by atomic mass is 35.5. The molecule has 0 amide bonds. The first-order valence-corrected chi connectivity index (χ1v) is 8.42. The van der Waals surface area contributed by atoms with E-state index in [1.165, 1.54) is 4.57 Å². The smallest absolute Gasteiger partial charge is 0.267 e. The lowest BCUT2D eigenvalue weighted by Gasteiger charge is -2.01. The van der Waals surface area contributed by atoms with E-state index >= 15 is 0 Å². The third-order valence-corrected chi connectivity index (χ3v) is 4.79. The van der Waals surface area contributed by atoms with Crippen LogP contribution in [0.3, 0.4) is 0 Å². The van der Waals surface area contributed by atoms with Crippen molar-refractivity contribution in [3.8, 4) is 17.8 Å². The van der Waals surface area contributed by atoms with E-state index in [2.05, 4.69) is 0 Å². The molecule has 0 saturated heterocycles. The fourth-order valence-corrected chi connectivity index (χ4v) is 3.48. The molecule has 0 bridgehead atoms. The lowest BCUT2D eigenvalue weighted by atomic mass is 10.2. The van der Waals surface area contributed by atoms with Crippen LogP contribution in [0.15, 0.2) is 59.4 Å². The van der Waals surface area contributed by atoms with Gasteiger partial charge in [-0.2, -0.15) is 10.5 Å². The summed E-state index contributed by atoms with van der Waals surface area (Å²) in [7, 11) is 0. The normalized spacial score (nSPS) is 10.9. The van der Waals surface area contributed by atoms with E-state index in [-0.39, 0.29) is 11.1 Å². The highest BCUT2D eigenvalue weighted by Gasteiger charge is 2.11. The van der Waals surface area contributed by atoms with Crippen molar-refractivity contribution in [2.45, 2.75) is 0 Å². The van der Waals surface area contributed by atoms with Gasteiger partial charge >= 0.3 is 0 Å². The maximum atomic E-state index is 12.9. The van der Waals surface area contributed by atoms with Crippen molar-refractivity contribution in [2.24, 2.45) is 0 Å². The molecule has 0 N–H and O–H groups in total. The van der Waals surface area contributed by atoms with Crippen LogP contribution in [0.4, 0.5) is 0 Å². The molecule has 120 valence electrons. The van der Waals surface area contributed by atoms with Crippen LogP contribution in [0.2, 0.25) is 5.02 Å². The minimum Gasteiger partial charge on any atom is -0.267 e. The van der Waals surface area contributed by atoms with Crippen molar-refractivity contribution in [2.75, 3.05) is 0 Å². The Morgan fingerprint density at radius 1 is 1.04 bits per heavy atom. The minimum atomic E-state index is -0.283. The zero-order valence-corrected chi connectivity index (χ0v) is 14.4. The summed E-state index contributed by atoms with van der Waals surface area (Å²) in [5.74, 6) is 0. The number of hydrogen-bond donors (Lipinski definition) is 0. The monoisotopic (exact) mass is 363 g/mol. The second-order valence-electron chi connectivity index (χ2n) is 5.04. The molecule has 0 fully saturated rings. The van der Waals surface area contributed by atoms with Crippen LogP contribution < -0.4 is 14.8 Å². The van der Waals surface area contributed by atoms with Gasteiger partial charge in [-0.1, -0.05) is 41.9 Å². The summed E-state index contributed by atoms with van der Waals surface area (Å²) in [6.45, 7) is 0. The fraction of sp³-hybridized carbons (Fsp3) is 0. The third kappa shape index (κ3) is 3.39. The van der Waals surface area contributed by atoms with Crippen molar-refractivity contribution < 1.29 is 0 Å². The molecule has 25 heavy (non-hydrogen) atoms. The van der Waals surface area contributed by atoms with Crippen LogP contribution in [-0.4, -0.2) is 4.57 Å². The number of halogens is 1.